The van der Waals surface area contributed by atoms with Gasteiger partial charge in [-0.25, -0.2) is 19.6 Å². The first-order valence-electron chi connectivity index (χ1n) is 11.3. The molecule has 1 fully saturated rings. The molecule has 0 N–H and O–H groups in total. The Kier molecular flexibility index (Phi) is 6.98. The molecule has 10 nitrogen and oxygen atoms in total. The number of hydrogen-bond acceptors (Lipinski definition) is 8. The van der Waals surface area contributed by atoms with Crippen LogP contribution >= 0.6 is 11.6 Å². The van der Waals surface area contributed by atoms with E-state index in [-0.39, 0.29) is 38.1 Å². The van der Waals surface area contributed by atoms with Crippen molar-refractivity contribution in [1.82, 2.24) is 19.8 Å². The molecule has 0 spiro atoms. The number of nitrogens with zero attached hydrogens (tertiary/aromatic N) is 6. The quantitative estimate of drug-likeness (QED) is 0.588. The van der Waals surface area contributed by atoms with Crippen molar-refractivity contribution in [2.45, 2.75) is 52.1 Å². The van der Waals surface area contributed by atoms with E-state index in [1.54, 1.807) is 4.90 Å². The zero-order chi connectivity index (χ0) is 25.2. The van der Waals surface area contributed by atoms with Gasteiger partial charge in [-0.15, -0.1) is 0 Å². The molecule has 1 aromatic heterocycles. The van der Waals surface area contributed by atoms with Crippen molar-refractivity contribution in [2.75, 3.05) is 24.5 Å². The number of hydrogen-bond donors (Lipinski definition) is 0. The van der Waals surface area contributed by atoms with Crippen LogP contribution in [0.15, 0.2) is 30.3 Å². The van der Waals surface area contributed by atoms with E-state index in [9.17, 15) is 14.9 Å². The number of piperazine rings is 1. The van der Waals surface area contributed by atoms with Crippen LogP contribution in [0.3, 0.4) is 0 Å². The molecule has 0 bridgehead atoms. The van der Waals surface area contributed by atoms with E-state index in [1.165, 1.54) is 4.90 Å². The molecular weight excluding hydrogens is 472 g/mol. The summed E-state index contributed by atoms with van der Waals surface area (Å²) in [6.45, 7) is 7.01. The lowest BCUT2D eigenvalue weighted by Gasteiger charge is -2.38. The highest BCUT2D eigenvalue weighted by molar-refractivity contribution is 6.28. The molecule has 184 valence electrons. The van der Waals surface area contributed by atoms with Crippen molar-refractivity contribution in [3.05, 3.63) is 52.4 Å². The second kappa shape index (κ2) is 9.96. The third kappa shape index (κ3) is 5.74. The van der Waals surface area contributed by atoms with E-state index in [4.69, 9.17) is 21.1 Å². The Balaban J connectivity index is 1.46. The highest BCUT2D eigenvalue weighted by Crippen LogP contribution is 2.32. The van der Waals surface area contributed by atoms with E-state index < -0.39 is 23.8 Å². The Hall–Kier alpha value is -3.58. The van der Waals surface area contributed by atoms with Crippen LogP contribution in [0.25, 0.3) is 0 Å². The number of anilines is 1. The maximum atomic E-state index is 12.7. The molecule has 2 amide bonds. The number of benzene rings is 1. The zero-order valence-corrected chi connectivity index (χ0v) is 20.7. The highest BCUT2D eigenvalue weighted by atomic mass is 35.5. The molecule has 2 aliphatic heterocycles. The minimum absolute atomic E-state index is 0.0583. The molecular formula is C24H27ClN6O4. The summed E-state index contributed by atoms with van der Waals surface area (Å²) >= 11 is 6.20. The molecule has 1 saturated heterocycles. The number of ether oxygens (including phenoxy) is 2. The number of halogens is 1. The monoisotopic (exact) mass is 498 g/mol. The average Bonchev–Trinajstić information content (AvgIpc) is 3.25. The van der Waals surface area contributed by atoms with Crippen LogP contribution < -0.4 is 4.90 Å². The standard InChI is InChI=1S/C24H27ClN6O4/c1-24(2,3)35-22(32)30-13-18-19(14-30)27-21(25)28-20(18)29-9-10-31(17(11-26)12-29)23(33)34-15-16-7-5-4-6-8-16/h4-8,17H,9-10,12-15H2,1-3H3/t17-/m0/s1. The minimum Gasteiger partial charge on any atom is -0.445 e. The van der Waals surface area contributed by atoms with Gasteiger partial charge in [-0.3, -0.25) is 9.80 Å². The topological polar surface area (TPSA) is 112 Å². The molecule has 3 heterocycles. The highest BCUT2D eigenvalue weighted by Gasteiger charge is 2.36. The number of fused-ring (bicyclic) bond motifs is 1. The summed E-state index contributed by atoms with van der Waals surface area (Å²) in [7, 11) is 0. The van der Waals surface area contributed by atoms with Gasteiger partial charge in [0.2, 0.25) is 5.28 Å². The fourth-order valence-electron chi connectivity index (χ4n) is 4.03. The summed E-state index contributed by atoms with van der Waals surface area (Å²) in [5.41, 5.74) is 1.65. The van der Waals surface area contributed by atoms with Crippen molar-refractivity contribution in [1.29, 1.82) is 5.26 Å². The van der Waals surface area contributed by atoms with Gasteiger partial charge in [-0.05, 0) is 37.9 Å². The second-order valence-electron chi connectivity index (χ2n) is 9.40. The Morgan fingerprint density at radius 3 is 2.57 bits per heavy atom. The van der Waals surface area contributed by atoms with Gasteiger partial charge in [-0.2, -0.15) is 5.26 Å². The predicted octanol–water partition coefficient (Wildman–Crippen LogP) is 3.73. The Bertz CT molecular complexity index is 1150. The average molecular weight is 499 g/mol. The van der Waals surface area contributed by atoms with Gasteiger partial charge < -0.3 is 14.4 Å². The van der Waals surface area contributed by atoms with Gasteiger partial charge in [0, 0.05) is 18.7 Å². The molecule has 2 aliphatic rings. The van der Waals surface area contributed by atoms with Gasteiger partial charge in [0.25, 0.3) is 0 Å². The number of carbonyl (C=O) groups excluding carboxylic acids is 2. The Morgan fingerprint density at radius 1 is 1.14 bits per heavy atom. The maximum absolute atomic E-state index is 12.7. The van der Waals surface area contributed by atoms with E-state index in [2.05, 4.69) is 16.0 Å². The summed E-state index contributed by atoms with van der Waals surface area (Å²) in [6.07, 6.45) is -0.986. The van der Waals surface area contributed by atoms with Crippen LogP contribution in [0.4, 0.5) is 15.4 Å². The minimum atomic E-state index is -0.736. The zero-order valence-electron chi connectivity index (χ0n) is 19.9. The number of rotatable bonds is 3. The number of nitriles is 1. The van der Waals surface area contributed by atoms with Gasteiger partial charge in [0.15, 0.2) is 0 Å². The lowest BCUT2D eigenvalue weighted by Crippen LogP contribution is -2.55. The lowest BCUT2D eigenvalue weighted by atomic mass is 10.1. The van der Waals surface area contributed by atoms with E-state index in [0.717, 1.165) is 11.1 Å². The second-order valence-corrected chi connectivity index (χ2v) is 9.74. The molecule has 2 aromatic rings. The van der Waals surface area contributed by atoms with Crippen LogP contribution in [0.1, 0.15) is 37.6 Å². The smallest absolute Gasteiger partial charge is 0.411 e. The van der Waals surface area contributed by atoms with Crippen molar-refractivity contribution in [2.24, 2.45) is 0 Å². The number of amides is 2. The summed E-state index contributed by atoms with van der Waals surface area (Å²) in [4.78, 5) is 38.9. The van der Waals surface area contributed by atoms with Crippen LogP contribution in [-0.2, 0) is 29.2 Å². The molecule has 0 aliphatic carbocycles. The van der Waals surface area contributed by atoms with Crippen LogP contribution in [0, 0.1) is 11.3 Å². The van der Waals surface area contributed by atoms with Gasteiger partial charge in [0.05, 0.1) is 31.4 Å². The number of carbonyl (C=O) groups is 2. The summed E-state index contributed by atoms with van der Waals surface area (Å²) in [5.74, 6) is 0.559. The third-order valence-corrected chi connectivity index (χ3v) is 5.82. The Morgan fingerprint density at radius 2 is 1.89 bits per heavy atom. The lowest BCUT2D eigenvalue weighted by molar-refractivity contribution is 0.0240. The van der Waals surface area contributed by atoms with E-state index >= 15 is 0 Å². The summed E-state index contributed by atoms with van der Waals surface area (Å²) in [5, 5.41) is 9.84. The molecule has 0 radical (unpaired) electrons. The largest absolute Gasteiger partial charge is 0.445 e. The molecule has 4 rings (SSSR count). The maximum Gasteiger partial charge on any atom is 0.411 e. The van der Waals surface area contributed by atoms with Crippen LogP contribution in [0.2, 0.25) is 5.28 Å². The molecule has 0 unspecified atom stereocenters. The third-order valence-electron chi connectivity index (χ3n) is 5.65. The molecule has 1 atom stereocenters. The molecule has 1 aromatic carbocycles. The van der Waals surface area contributed by atoms with Crippen LogP contribution in [0.5, 0.6) is 0 Å². The first-order chi connectivity index (χ1) is 16.6. The Labute approximate surface area is 209 Å². The molecule has 11 heteroatoms. The summed E-state index contributed by atoms with van der Waals surface area (Å²) in [6, 6.07) is 10.8. The van der Waals surface area contributed by atoms with Crippen molar-refractivity contribution < 1.29 is 19.1 Å². The molecule has 35 heavy (non-hydrogen) atoms. The normalized spacial score (nSPS) is 17.6. The van der Waals surface area contributed by atoms with Crippen LogP contribution in [-0.4, -0.2) is 63.2 Å². The van der Waals surface area contributed by atoms with Crippen molar-refractivity contribution in [3.8, 4) is 6.07 Å². The summed E-state index contributed by atoms with van der Waals surface area (Å²) < 4.78 is 10.9. The first kappa shape index (κ1) is 24.5. The van der Waals surface area contributed by atoms with Crippen molar-refractivity contribution in [3.63, 3.8) is 0 Å². The van der Waals surface area contributed by atoms with Crippen molar-refractivity contribution >= 4 is 29.6 Å². The van der Waals surface area contributed by atoms with Gasteiger partial charge in [-0.1, -0.05) is 30.3 Å². The SMILES string of the molecule is CC(C)(C)OC(=O)N1Cc2nc(Cl)nc(N3CCN(C(=O)OCc4ccccc4)[C@@H](C#N)C3)c2C1. The van der Waals surface area contributed by atoms with E-state index in [0.29, 0.717) is 18.1 Å². The molecule has 0 saturated carbocycles. The predicted molar refractivity (Wildman–Crippen MR) is 127 cm³/mol. The van der Waals surface area contributed by atoms with Gasteiger partial charge in [0.1, 0.15) is 24.1 Å². The number of aromatic nitrogens is 2. The van der Waals surface area contributed by atoms with E-state index in [1.807, 2.05) is 56.0 Å². The fraction of sp³-hybridized carbons (Fsp3) is 0.458. The fourth-order valence-corrected chi connectivity index (χ4v) is 4.21. The van der Waals surface area contributed by atoms with Gasteiger partial charge >= 0.3 is 12.2 Å². The first-order valence-corrected chi connectivity index (χ1v) is 11.7.